The summed E-state index contributed by atoms with van der Waals surface area (Å²) < 4.78 is 0. The zero-order valence-corrected chi connectivity index (χ0v) is 8.86. The smallest absolute Gasteiger partial charge is 0.0459 e. The molecule has 0 bridgehead atoms. The molecule has 74 valence electrons. The highest BCUT2D eigenvalue weighted by atomic mass is 35.5. The number of benzene rings is 1. The summed E-state index contributed by atoms with van der Waals surface area (Å²) in [4.78, 5) is 3.32. The minimum Gasteiger partial charge on any atom is -0.358 e. The van der Waals surface area contributed by atoms with Gasteiger partial charge in [-0.1, -0.05) is 11.6 Å². The molecule has 0 aliphatic heterocycles. The van der Waals surface area contributed by atoms with E-state index in [9.17, 15) is 0 Å². The molecule has 1 heterocycles. The zero-order valence-electron chi connectivity index (χ0n) is 8.10. The fourth-order valence-corrected chi connectivity index (χ4v) is 1.99. The van der Waals surface area contributed by atoms with Crippen LogP contribution in [0.1, 0.15) is 11.3 Å². The van der Waals surface area contributed by atoms with E-state index >= 15 is 0 Å². The molecule has 0 aliphatic carbocycles. The summed E-state index contributed by atoms with van der Waals surface area (Å²) in [5, 5.41) is 1.97. The van der Waals surface area contributed by atoms with Crippen LogP contribution in [0.4, 0.5) is 0 Å². The average molecular weight is 209 g/mol. The Kier molecular flexibility index (Phi) is 2.48. The Bertz CT molecular complexity index is 460. The quantitative estimate of drug-likeness (QED) is 0.783. The van der Waals surface area contributed by atoms with E-state index < -0.39 is 0 Å². The maximum Gasteiger partial charge on any atom is 0.0459 e. The summed E-state index contributed by atoms with van der Waals surface area (Å²) in [6, 6.07) is 5.89. The van der Waals surface area contributed by atoms with Gasteiger partial charge in [-0.3, -0.25) is 0 Å². The third-order valence-corrected chi connectivity index (χ3v) is 2.71. The van der Waals surface area contributed by atoms with Gasteiger partial charge in [-0.25, -0.2) is 0 Å². The maximum atomic E-state index is 5.95. The van der Waals surface area contributed by atoms with Crippen LogP contribution in [0.3, 0.4) is 0 Å². The fraction of sp³-hybridized carbons (Fsp3) is 0.273. The first-order valence-electron chi connectivity index (χ1n) is 4.69. The van der Waals surface area contributed by atoms with Gasteiger partial charge in [0.25, 0.3) is 0 Å². The Morgan fingerprint density at radius 3 is 2.93 bits per heavy atom. The average Bonchev–Trinajstić information content (AvgIpc) is 2.45. The van der Waals surface area contributed by atoms with Crippen molar-refractivity contribution < 1.29 is 0 Å². The van der Waals surface area contributed by atoms with Crippen LogP contribution in [0, 0.1) is 6.92 Å². The Morgan fingerprint density at radius 1 is 1.43 bits per heavy atom. The molecule has 0 saturated carbocycles. The van der Waals surface area contributed by atoms with Gasteiger partial charge in [-0.15, -0.1) is 0 Å². The molecule has 0 radical (unpaired) electrons. The van der Waals surface area contributed by atoms with E-state index in [1.54, 1.807) is 0 Å². The molecule has 3 heteroatoms. The first kappa shape index (κ1) is 9.56. The van der Waals surface area contributed by atoms with E-state index in [0.29, 0.717) is 6.54 Å². The van der Waals surface area contributed by atoms with Crippen molar-refractivity contribution in [3.8, 4) is 0 Å². The molecule has 14 heavy (non-hydrogen) atoms. The van der Waals surface area contributed by atoms with Crippen molar-refractivity contribution in [3.63, 3.8) is 0 Å². The monoisotopic (exact) mass is 208 g/mol. The van der Waals surface area contributed by atoms with Crippen LogP contribution in [-0.2, 0) is 6.42 Å². The van der Waals surface area contributed by atoms with Crippen molar-refractivity contribution in [1.29, 1.82) is 0 Å². The van der Waals surface area contributed by atoms with E-state index in [1.807, 2.05) is 18.2 Å². The second kappa shape index (κ2) is 3.64. The number of hydrogen-bond acceptors (Lipinski definition) is 1. The van der Waals surface area contributed by atoms with Gasteiger partial charge in [0.15, 0.2) is 0 Å². The van der Waals surface area contributed by atoms with E-state index in [2.05, 4.69) is 11.9 Å². The molecule has 2 aromatic rings. The van der Waals surface area contributed by atoms with Gasteiger partial charge < -0.3 is 10.7 Å². The second-order valence-electron chi connectivity index (χ2n) is 3.46. The number of fused-ring (bicyclic) bond motifs is 1. The number of rotatable bonds is 2. The van der Waals surface area contributed by atoms with Crippen molar-refractivity contribution in [2.75, 3.05) is 6.54 Å². The lowest BCUT2D eigenvalue weighted by atomic mass is 10.1. The molecule has 1 aromatic carbocycles. The third kappa shape index (κ3) is 1.51. The number of H-pyrrole nitrogens is 1. The number of halogens is 1. The molecule has 2 rings (SSSR count). The number of nitrogens with one attached hydrogen (secondary N) is 1. The predicted octanol–water partition coefficient (Wildman–Crippen LogP) is 2.63. The first-order valence-corrected chi connectivity index (χ1v) is 5.07. The van der Waals surface area contributed by atoms with Gasteiger partial charge in [0.2, 0.25) is 0 Å². The van der Waals surface area contributed by atoms with Gasteiger partial charge >= 0.3 is 0 Å². The van der Waals surface area contributed by atoms with Crippen molar-refractivity contribution in [2.45, 2.75) is 13.3 Å². The predicted molar refractivity (Wildman–Crippen MR) is 60.8 cm³/mol. The molecule has 0 atom stereocenters. The summed E-state index contributed by atoms with van der Waals surface area (Å²) in [7, 11) is 0. The summed E-state index contributed by atoms with van der Waals surface area (Å²) in [5.41, 5.74) is 9.18. The van der Waals surface area contributed by atoms with Crippen LogP contribution < -0.4 is 5.73 Å². The minimum atomic E-state index is 0.667. The van der Waals surface area contributed by atoms with Gasteiger partial charge in [-0.2, -0.15) is 0 Å². The number of aromatic nitrogens is 1. The van der Waals surface area contributed by atoms with Crippen LogP contribution in [0.2, 0.25) is 5.02 Å². The van der Waals surface area contributed by atoms with E-state index in [4.69, 9.17) is 17.3 Å². The highest BCUT2D eigenvalue weighted by molar-refractivity contribution is 6.31. The molecule has 0 unspecified atom stereocenters. The Labute approximate surface area is 88.1 Å². The van der Waals surface area contributed by atoms with Crippen LogP contribution in [0.25, 0.3) is 10.9 Å². The Balaban J connectivity index is 2.66. The van der Waals surface area contributed by atoms with Crippen LogP contribution in [-0.4, -0.2) is 11.5 Å². The molecule has 0 saturated heterocycles. The van der Waals surface area contributed by atoms with Crippen molar-refractivity contribution in [1.82, 2.24) is 4.98 Å². The molecule has 1 aromatic heterocycles. The normalized spacial score (nSPS) is 11.1. The molecule has 0 spiro atoms. The summed E-state index contributed by atoms with van der Waals surface area (Å²) in [5.74, 6) is 0. The second-order valence-corrected chi connectivity index (χ2v) is 3.89. The standard InChI is InChI=1S/C11H13ClN2/c1-7-9(4-5-13)10-6-8(12)2-3-11(10)14-7/h2-3,6,14H,4-5,13H2,1H3. The molecule has 3 N–H and O–H groups in total. The zero-order chi connectivity index (χ0) is 10.1. The van der Waals surface area contributed by atoms with Gasteiger partial charge in [0.1, 0.15) is 0 Å². The number of aryl methyl sites for hydroxylation is 1. The molecular weight excluding hydrogens is 196 g/mol. The highest BCUT2D eigenvalue weighted by Crippen LogP contribution is 2.25. The van der Waals surface area contributed by atoms with Crippen molar-refractivity contribution >= 4 is 22.5 Å². The lowest BCUT2D eigenvalue weighted by molar-refractivity contribution is 0.963. The van der Waals surface area contributed by atoms with Crippen LogP contribution in [0.15, 0.2) is 18.2 Å². The van der Waals surface area contributed by atoms with E-state index in [1.165, 1.54) is 16.6 Å². The van der Waals surface area contributed by atoms with Crippen molar-refractivity contribution in [2.24, 2.45) is 5.73 Å². The third-order valence-electron chi connectivity index (χ3n) is 2.48. The van der Waals surface area contributed by atoms with Gasteiger partial charge in [0.05, 0.1) is 0 Å². The van der Waals surface area contributed by atoms with Gasteiger partial charge in [-0.05, 0) is 43.7 Å². The molecule has 0 amide bonds. The largest absolute Gasteiger partial charge is 0.358 e. The van der Waals surface area contributed by atoms with E-state index in [-0.39, 0.29) is 0 Å². The van der Waals surface area contributed by atoms with E-state index in [0.717, 1.165) is 17.0 Å². The SMILES string of the molecule is Cc1[nH]c2ccc(Cl)cc2c1CCN. The number of aromatic amines is 1. The van der Waals surface area contributed by atoms with Crippen molar-refractivity contribution in [3.05, 3.63) is 34.5 Å². The number of nitrogens with two attached hydrogens (primary N) is 1. The topological polar surface area (TPSA) is 41.8 Å². The molecular formula is C11H13ClN2. The Morgan fingerprint density at radius 2 is 2.21 bits per heavy atom. The first-order chi connectivity index (χ1) is 6.72. The van der Waals surface area contributed by atoms with Crippen LogP contribution in [0.5, 0.6) is 0 Å². The summed E-state index contributed by atoms with van der Waals surface area (Å²) in [6.07, 6.45) is 0.895. The molecule has 2 nitrogen and oxygen atoms in total. The van der Waals surface area contributed by atoms with Crippen LogP contribution >= 0.6 is 11.6 Å². The highest BCUT2D eigenvalue weighted by Gasteiger charge is 2.07. The lowest BCUT2D eigenvalue weighted by Crippen LogP contribution is -2.03. The fourth-order valence-electron chi connectivity index (χ4n) is 1.82. The summed E-state index contributed by atoms with van der Waals surface area (Å²) in [6.45, 7) is 2.74. The minimum absolute atomic E-state index is 0.667. The van der Waals surface area contributed by atoms with Gasteiger partial charge in [0, 0.05) is 21.6 Å². The Hall–Kier alpha value is -0.990. The number of hydrogen-bond donors (Lipinski definition) is 2. The maximum absolute atomic E-state index is 5.95. The lowest BCUT2D eigenvalue weighted by Gasteiger charge is -1.98. The molecule has 0 aliphatic rings. The molecule has 0 fully saturated rings. The summed E-state index contributed by atoms with van der Waals surface area (Å²) >= 11 is 5.95.